The Hall–Kier alpha value is -1.79. The second-order valence-corrected chi connectivity index (χ2v) is 2.05. The lowest BCUT2D eigenvalue weighted by Crippen LogP contribution is -2.18. The molecule has 2 N–H and O–H groups in total. The maximum Gasteiger partial charge on any atom is 0.440 e. The Morgan fingerprint density at radius 3 is 2.67 bits per heavy atom. The topological polar surface area (TPSA) is 105 Å². The Labute approximate surface area is 65.2 Å². The van der Waals surface area contributed by atoms with Crippen LogP contribution in [0.5, 0.6) is 0 Å². The molecule has 0 saturated heterocycles. The van der Waals surface area contributed by atoms with Crippen molar-refractivity contribution in [2.45, 2.75) is 13.0 Å². The number of aryl methyl sites for hydroxylation is 1. The normalized spacial score (nSPS) is 10.0. The van der Waals surface area contributed by atoms with Crippen LogP contribution < -0.4 is 11.4 Å². The van der Waals surface area contributed by atoms with Crippen LogP contribution >= 0.6 is 0 Å². The van der Waals surface area contributed by atoms with Gasteiger partial charge in [0.1, 0.15) is 0 Å². The van der Waals surface area contributed by atoms with Crippen LogP contribution in [0.25, 0.3) is 0 Å². The minimum absolute atomic E-state index is 0.146. The number of hydrogen-bond donors (Lipinski definition) is 2. The molecule has 1 rings (SSSR count). The third kappa shape index (κ3) is 1.84. The van der Waals surface area contributed by atoms with E-state index in [9.17, 15) is 14.4 Å². The van der Waals surface area contributed by atoms with Crippen LogP contribution in [0.3, 0.4) is 0 Å². The van der Waals surface area contributed by atoms with Crippen LogP contribution in [0.1, 0.15) is 6.42 Å². The number of rotatable bonds is 3. The van der Waals surface area contributed by atoms with E-state index in [4.69, 9.17) is 5.11 Å². The van der Waals surface area contributed by atoms with Gasteiger partial charge in [-0.25, -0.2) is 14.6 Å². The number of nitrogens with zero attached hydrogens (tertiary/aromatic N) is 1. The van der Waals surface area contributed by atoms with E-state index in [-0.39, 0.29) is 13.0 Å². The van der Waals surface area contributed by atoms with E-state index in [1.165, 1.54) is 0 Å². The molecule has 1 aromatic heterocycles. The third-order valence-corrected chi connectivity index (χ3v) is 1.16. The van der Waals surface area contributed by atoms with Gasteiger partial charge in [-0.05, 0) is 0 Å². The monoisotopic (exact) mass is 174 g/mol. The van der Waals surface area contributed by atoms with Gasteiger partial charge in [0.25, 0.3) is 0 Å². The zero-order valence-electron chi connectivity index (χ0n) is 5.94. The molecule has 0 saturated carbocycles. The summed E-state index contributed by atoms with van der Waals surface area (Å²) in [6, 6.07) is 0. The number of carboxylic acids is 1. The zero-order valence-corrected chi connectivity index (χ0v) is 5.94. The molecule has 7 heteroatoms. The second-order valence-electron chi connectivity index (χ2n) is 2.05. The molecule has 12 heavy (non-hydrogen) atoms. The van der Waals surface area contributed by atoms with Crippen molar-refractivity contribution in [3.63, 3.8) is 0 Å². The highest BCUT2D eigenvalue weighted by Crippen LogP contribution is 1.82. The lowest BCUT2D eigenvalue weighted by atomic mass is 10.4. The van der Waals surface area contributed by atoms with Crippen LogP contribution in [0, 0.1) is 0 Å². The number of aromatic amines is 1. The summed E-state index contributed by atoms with van der Waals surface area (Å²) in [5.41, 5.74) is -0.735. The largest absolute Gasteiger partial charge is 0.481 e. The predicted molar refractivity (Wildman–Crippen MR) is 35.8 cm³/mol. The number of aliphatic carboxylic acids is 1. The maximum absolute atomic E-state index is 10.7. The summed E-state index contributed by atoms with van der Waals surface area (Å²) in [6.07, 6.45) is -0.263. The Bertz CT molecular complexity index is 383. The van der Waals surface area contributed by atoms with Crippen molar-refractivity contribution in [1.29, 1.82) is 0 Å². The van der Waals surface area contributed by atoms with E-state index in [0.717, 1.165) is 0 Å². The van der Waals surface area contributed by atoms with E-state index >= 15 is 0 Å². The molecule has 0 radical (unpaired) electrons. The number of carbonyl (C=O) groups is 1. The molecule has 0 unspecified atom stereocenters. The molecule has 0 fully saturated rings. The summed E-state index contributed by atoms with van der Waals surface area (Å²) in [5.74, 6) is -1.95. The highest BCUT2D eigenvalue weighted by atomic mass is 16.5. The summed E-state index contributed by atoms with van der Waals surface area (Å²) < 4.78 is 4.96. The Kier molecular flexibility index (Phi) is 2.13. The summed E-state index contributed by atoms with van der Waals surface area (Å²) in [5, 5.41) is 8.23. The van der Waals surface area contributed by atoms with Gasteiger partial charge in [-0.1, -0.05) is 0 Å². The molecule has 1 heterocycles. The van der Waals surface area contributed by atoms with Crippen molar-refractivity contribution < 1.29 is 14.4 Å². The molecule has 0 amide bonds. The van der Waals surface area contributed by atoms with Crippen molar-refractivity contribution in [1.82, 2.24) is 9.72 Å². The van der Waals surface area contributed by atoms with Crippen molar-refractivity contribution in [2.24, 2.45) is 0 Å². The molecule has 0 spiro atoms. The van der Waals surface area contributed by atoms with Crippen LogP contribution in [-0.4, -0.2) is 20.8 Å². The fourth-order valence-corrected chi connectivity index (χ4v) is 0.658. The van der Waals surface area contributed by atoms with Crippen LogP contribution in [0.15, 0.2) is 14.1 Å². The van der Waals surface area contributed by atoms with Gasteiger partial charge in [0.15, 0.2) is 0 Å². The molecule has 0 aromatic carbocycles. The van der Waals surface area contributed by atoms with E-state index < -0.39 is 17.4 Å². The Morgan fingerprint density at radius 1 is 1.58 bits per heavy atom. The first-order chi connectivity index (χ1) is 5.59. The fourth-order valence-electron chi connectivity index (χ4n) is 0.658. The second kappa shape index (κ2) is 3.07. The first-order valence-corrected chi connectivity index (χ1v) is 3.12. The molecule has 7 nitrogen and oxygen atoms in total. The molecule has 0 atom stereocenters. The van der Waals surface area contributed by atoms with Crippen molar-refractivity contribution >= 4 is 5.97 Å². The molecular weight excluding hydrogens is 168 g/mol. The number of aromatic nitrogens is 2. The maximum atomic E-state index is 10.7. The molecule has 66 valence electrons. The summed E-state index contributed by atoms with van der Waals surface area (Å²) in [4.78, 5) is 32.9. The standard InChI is InChI=1S/C5H6N2O5/c8-3(9)1-2-7-4(10)6-5(11)12-7/h1-2H2,(H,8,9)(H,6,10,11). The number of H-pyrrole nitrogens is 1. The van der Waals surface area contributed by atoms with Crippen LogP contribution in [0.4, 0.5) is 0 Å². The highest BCUT2D eigenvalue weighted by Gasteiger charge is 2.04. The first kappa shape index (κ1) is 8.31. The Balaban J connectivity index is 2.76. The minimum Gasteiger partial charge on any atom is -0.481 e. The zero-order chi connectivity index (χ0) is 9.14. The van der Waals surface area contributed by atoms with E-state index in [1.54, 1.807) is 0 Å². The SMILES string of the molecule is O=C(O)CCn1oc(=O)[nH]c1=O. The van der Waals surface area contributed by atoms with Gasteiger partial charge in [0, 0.05) is 0 Å². The first-order valence-electron chi connectivity index (χ1n) is 3.12. The van der Waals surface area contributed by atoms with E-state index in [2.05, 4.69) is 4.52 Å². The smallest absolute Gasteiger partial charge is 0.440 e. The number of hydrogen-bond acceptors (Lipinski definition) is 4. The van der Waals surface area contributed by atoms with Crippen molar-refractivity contribution in [2.75, 3.05) is 0 Å². The Morgan fingerprint density at radius 2 is 2.25 bits per heavy atom. The van der Waals surface area contributed by atoms with Gasteiger partial charge in [-0.15, -0.1) is 0 Å². The average molecular weight is 174 g/mol. The highest BCUT2D eigenvalue weighted by molar-refractivity contribution is 5.66. The molecule has 0 aliphatic carbocycles. The minimum atomic E-state index is -1.06. The third-order valence-electron chi connectivity index (χ3n) is 1.16. The van der Waals surface area contributed by atoms with Gasteiger partial charge in [0.2, 0.25) is 0 Å². The van der Waals surface area contributed by atoms with Crippen LogP contribution in [0.2, 0.25) is 0 Å². The van der Waals surface area contributed by atoms with Gasteiger partial charge in [-0.3, -0.25) is 4.79 Å². The number of carboxylic acid groups (broad SMARTS) is 1. The van der Waals surface area contributed by atoms with Gasteiger partial charge in [0.05, 0.1) is 13.0 Å². The lowest BCUT2D eigenvalue weighted by Gasteiger charge is -1.91. The lowest BCUT2D eigenvalue weighted by molar-refractivity contribution is -0.137. The van der Waals surface area contributed by atoms with Gasteiger partial charge >= 0.3 is 17.4 Å². The quantitative estimate of drug-likeness (QED) is 0.586. The van der Waals surface area contributed by atoms with Gasteiger partial charge < -0.3 is 9.63 Å². The summed E-state index contributed by atoms with van der Waals surface area (Å²) >= 11 is 0. The van der Waals surface area contributed by atoms with Gasteiger partial charge in [-0.2, -0.15) is 4.74 Å². The predicted octanol–water partition coefficient (Wildman–Crippen LogP) is -1.40. The van der Waals surface area contributed by atoms with E-state index in [1.807, 2.05) is 4.98 Å². The molecule has 0 bridgehead atoms. The summed E-state index contributed by atoms with van der Waals surface area (Å²) in [6.45, 7) is -0.146. The molecular formula is C5H6N2O5. The van der Waals surface area contributed by atoms with Crippen LogP contribution in [-0.2, 0) is 11.3 Å². The average Bonchev–Trinajstić information content (AvgIpc) is 2.26. The fraction of sp³-hybridized carbons (Fsp3) is 0.400. The molecule has 0 aliphatic heterocycles. The molecule has 0 aliphatic rings. The number of nitrogens with one attached hydrogen (secondary N) is 1. The van der Waals surface area contributed by atoms with E-state index in [0.29, 0.717) is 4.74 Å². The van der Waals surface area contributed by atoms with Crippen molar-refractivity contribution in [3.8, 4) is 0 Å². The van der Waals surface area contributed by atoms with Crippen molar-refractivity contribution in [3.05, 3.63) is 21.0 Å². The molecule has 1 aromatic rings. The summed E-state index contributed by atoms with van der Waals surface area (Å²) in [7, 11) is 0.